The zero-order valence-corrected chi connectivity index (χ0v) is 10.9. The third-order valence-corrected chi connectivity index (χ3v) is 3.90. The van der Waals surface area contributed by atoms with Crippen molar-refractivity contribution in [3.8, 4) is 6.07 Å². The van der Waals surface area contributed by atoms with Gasteiger partial charge >= 0.3 is 0 Å². The Kier molecular flexibility index (Phi) is 4.42. The molecule has 2 fully saturated rings. The first-order valence-electron chi connectivity index (χ1n) is 7.06. The van der Waals surface area contributed by atoms with E-state index in [1.165, 1.54) is 12.8 Å². The molecule has 2 rings (SSSR count). The summed E-state index contributed by atoms with van der Waals surface area (Å²) in [4.78, 5) is 0. The van der Waals surface area contributed by atoms with E-state index in [1.807, 2.05) is 0 Å². The van der Waals surface area contributed by atoms with Crippen molar-refractivity contribution in [1.82, 2.24) is 5.32 Å². The Morgan fingerprint density at radius 3 is 2.88 bits per heavy atom. The lowest BCUT2D eigenvalue weighted by atomic mass is 9.81. The molecule has 17 heavy (non-hydrogen) atoms. The summed E-state index contributed by atoms with van der Waals surface area (Å²) in [7, 11) is 0. The van der Waals surface area contributed by atoms with Crippen LogP contribution in [-0.4, -0.2) is 24.8 Å². The number of nitriles is 1. The average Bonchev–Trinajstić information content (AvgIpc) is 3.18. The highest BCUT2D eigenvalue weighted by Gasteiger charge is 2.37. The number of hydrogen-bond acceptors (Lipinski definition) is 3. The molecule has 0 aliphatic heterocycles. The van der Waals surface area contributed by atoms with Gasteiger partial charge in [-0.2, -0.15) is 5.26 Å². The molecule has 3 heteroatoms. The molecule has 3 nitrogen and oxygen atoms in total. The molecule has 2 unspecified atom stereocenters. The van der Waals surface area contributed by atoms with Crippen LogP contribution in [0.15, 0.2) is 0 Å². The van der Waals surface area contributed by atoms with Gasteiger partial charge in [0.2, 0.25) is 0 Å². The Balaban J connectivity index is 1.82. The first-order valence-corrected chi connectivity index (χ1v) is 7.06. The maximum Gasteiger partial charge on any atom is 0.109 e. The molecule has 0 heterocycles. The standard InChI is InChI=1S/C14H24N2O/c1-2-8-16-14(11-15)7-3-4-13(9-14)17-10-12-5-6-12/h12-13,16H,2-10H2,1H3. The molecule has 2 aliphatic carbocycles. The summed E-state index contributed by atoms with van der Waals surface area (Å²) in [6, 6.07) is 2.49. The van der Waals surface area contributed by atoms with Gasteiger partial charge in [-0.15, -0.1) is 0 Å². The van der Waals surface area contributed by atoms with Gasteiger partial charge in [0, 0.05) is 13.0 Å². The van der Waals surface area contributed by atoms with E-state index in [1.54, 1.807) is 0 Å². The van der Waals surface area contributed by atoms with Gasteiger partial charge < -0.3 is 4.74 Å². The van der Waals surface area contributed by atoms with Crippen molar-refractivity contribution in [2.75, 3.05) is 13.2 Å². The SMILES string of the molecule is CCCNC1(C#N)CCCC(OCC2CC2)C1. The highest BCUT2D eigenvalue weighted by atomic mass is 16.5. The summed E-state index contributed by atoms with van der Waals surface area (Å²) < 4.78 is 5.95. The van der Waals surface area contributed by atoms with E-state index < -0.39 is 0 Å². The van der Waals surface area contributed by atoms with Crippen LogP contribution in [0.4, 0.5) is 0 Å². The van der Waals surface area contributed by atoms with Crippen LogP contribution >= 0.6 is 0 Å². The summed E-state index contributed by atoms with van der Waals surface area (Å²) in [5.41, 5.74) is -0.317. The summed E-state index contributed by atoms with van der Waals surface area (Å²) in [5, 5.41) is 12.8. The Bertz CT molecular complexity index is 282. The number of nitrogens with one attached hydrogen (secondary N) is 1. The van der Waals surface area contributed by atoms with Crippen LogP contribution in [-0.2, 0) is 4.74 Å². The van der Waals surface area contributed by atoms with Gasteiger partial charge in [-0.25, -0.2) is 0 Å². The van der Waals surface area contributed by atoms with Crippen molar-refractivity contribution in [3.05, 3.63) is 0 Å². The minimum absolute atomic E-state index is 0.299. The normalized spacial score (nSPS) is 33.3. The molecule has 2 atom stereocenters. The fourth-order valence-electron chi connectivity index (χ4n) is 2.59. The molecule has 0 aromatic rings. The van der Waals surface area contributed by atoms with E-state index >= 15 is 0 Å². The molecule has 96 valence electrons. The van der Waals surface area contributed by atoms with Gasteiger partial charge in [0.1, 0.15) is 5.54 Å². The van der Waals surface area contributed by atoms with E-state index in [9.17, 15) is 5.26 Å². The Morgan fingerprint density at radius 2 is 2.24 bits per heavy atom. The predicted octanol–water partition coefficient (Wildman–Crippen LogP) is 2.62. The van der Waals surface area contributed by atoms with Gasteiger partial charge in [0.15, 0.2) is 0 Å². The van der Waals surface area contributed by atoms with Crippen LogP contribution < -0.4 is 5.32 Å². The van der Waals surface area contributed by atoms with Crippen molar-refractivity contribution in [2.24, 2.45) is 5.92 Å². The molecule has 0 saturated heterocycles. The quantitative estimate of drug-likeness (QED) is 0.771. The summed E-state index contributed by atoms with van der Waals surface area (Å²) in [6.07, 6.45) is 8.14. The average molecular weight is 236 g/mol. The lowest BCUT2D eigenvalue weighted by Gasteiger charge is -2.36. The molecule has 2 aliphatic rings. The first kappa shape index (κ1) is 12.9. The Hall–Kier alpha value is -0.590. The lowest BCUT2D eigenvalue weighted by molar-refractivity contribution is 0.00381. The molecule has 0 aromatic carbocycles. The third kappa shape index (κ3) is 3.69. The van der Waals surface area contributed by atoms with Gasteiger partial charge in [0.25, 0.3) is 0 Å². The third-order valence-electron chi connectivity index (χ3n) is 3.90. The van der Waals surface area contributed by atoms with Crippen molar-refractivity contribution in [2.45, 2.75) is 63.5 Å². The minimum atomic E-state index is -0.317. The molecule has 1 N–H and O–H groups in total. The maximum absolute atomic E-state index is 9.41. The monoisotopic (exact) mass is 236 g/mol. The topological polar surface area (TPSA) is 45.0 Å². The van der Waals surface area contributed by atoms with E-state index in [-0.39, 0.29) is 5.54 Å². The Morgan fingerprint density at radius 1 is 1.41 bits per heavy atom. The molecule has 0 spiro atoms. The Labute approximate surface area is 105 Å². The number of nitrogens with zero attached hydrogens (tertiary/aromatic N) is 1. The van der Waals surface area contributed by atoms with Gasteiger partial charge in [0.05, 0.1) is 12.2 Å². The fourth-order valence-corrected chi connectivity index (χ4v) is 2.59. The molecular formula is C14H24N2O. The second kappa shape index (κ2) is 5.84. The second-order valence-corrected chi connectivity index (χ2v) is 5.62. The number of rotatable bonds is 6. The lowest BCUT2D eigenvalue weighted by Crippen LogP contribution is -2.49. The van der Waals surface area contributed by atoms with Crippen LogP contribution in [0.3, 0.4) is 0 Å². The summed E-state index contributed by atoms with van der Waals surface area (Å²) >= 11 is 0. The summed E-state index contributed by atoms with van der Waals surface area (Å²) in [6.45, 7) is 3.99. The van der Waals surface area contributed by atoms with Crippen LogP contribution in [0.2, 0.25) is 0 Å². The van der Waals surface area contributed by atoms with Crippen molar-refractivity contribution >= 4 is 0 Å². The largest absolute Gasteiger partial charge is 0.378 e. The first-order chi connectivity index (χ1) is 8.28. The smallest absolute Gasteiger partial charge is 0.109 e. The zero-order chi connectivity index (χ0) is 12.1. The zero-order valence-electron chi connectivity index (χ0n) is 10.9. The van der Waals surface area contributed by atoms with Crippen molar-refractivity contribution < 1.29 is 4.74 Å². The van der Waals surface area contributed by atoms with E-state index in [4.69, 9.17) is 4.74 Å². The highest BCUT2D eigenvalue weighted by molar-refractivity contribution is 5.10. The fraction of sp³-hybridized carbons (Fsp3) is 0.929. The number of ether oxygens (including phenoxy) is 1. The number of hydrogen-bond donors (Lipinski definition) is 1. The molecule has 0 aromatic heterocycles. The van der Waals surface area contributed by atoms with Crippen LogP contribution in [0.1, 0.15) is 51.9 Å². The second-order valence-electron chi connectivity index (χ2n) is 5.62. The van der Waals surface area contributed by atoms with Crippen LogP contribution in [0.5, 0.6) is 0 Å². The predicted molar refractivity (Wildman–Crippen MR) is 67.6 cm³/mol. The molecule has 2 saturated carbocycles. The van der Waals surface area contributed by atoms with Gasteiger partial charge in [-0.1, -0.05) is 6.92 Å². The molecular weight excluding hydrogens is 212 g/mol. The van der Waals surface area contributed by atoms with E-state index in [0.717, 1.165) is 51.2 Å². The van der Waals surface area contributed by atoms with E-state index in [0.29, 0.717) is 6.10 Å². The highest BCUT2D eigenvalue weighted by Crippen LogP contribution is 2.33. The minimum Gasteiger partial charge on any atom is -0.378 e. The molecule has 0 bridgehead atoms. The van der Waals surface area contributed by atoms with E-state index in [2.05, 4.69) is 18.3 Å². The van der Waals surface area contributed by atoms with Crippen molar-refractivity contribution in [1.29, 1.82) is 5.26 Å². The van der Waals surface area contributed by atoms with Crippen LogP contribution in [0.25, 0.3) is 0 Å². The summed E-state index contributed by atoms with van der Waals surface area (Å²) in [5.74, 6) is 0.817. The van der Waals surface area contributed by atoms with Crippen LogP contribution in [0, 0.1) is 17.2 Å². The molecule has 0 radical (unpaired) electrons. The van der Waals surface area contributed by atoms with Gasteiger partial charge in [-0.05, 0) is 51.0 Å². The van der Waals surface area contributed by atoms with Gasteiger partial charge in [-0.3, -0.25) is 5.32 Å². The van der Waals surface area contributed by atoms with Crippen molar-refractivity contribution in [3.63, 3.8) is 0 Å². The molecule has 0 amide bonds. The maximum atomic E-state index is 9.41.